The molecule has 20 heavy (non-hydrogen) atoms. The molecule has 0 radical (unpaired) electrons. The molecular formula is C14H18IN3O2. The maximum absolute atomic E-state index is 9.78. The Morgan fingerprint density at radius 3 is 2.65 bits per heavy atom. The fourth-order valence-corrected chi connectivity index (χ4v) is 1.58. The van der Waals surface area contributed by atoms with E-state index in [1.54, 1.807) is 12.1 Å². The standard InChI is InChI=1S/C14H17N3O2.HI/c1-10-4-6-11(7-5-10)17-14(15)16-9-12(18)13-3-2-8-19-13;/h2-8,12,18H,9H2,1H3,(H3,15,16,17);1H. The summed E-state index contributed by atoms with van der Waals surface area (Å²) in [5.74, 6) is 0.737. The number of hydrogen-bond donors (Lipinski definition) is 3. The number of guanidine groups is 1. The van der Waals surface area contributed by atoms with Gasteiger partial charge in [-0.1, -0.05) is 17.7 Å². The van der Waals surface area contributed by atoms with Crippen LogP contribution in [0.1, 0.15) is 17.4 Å². The second-order valence-corrected chi connectivity index (χ2v) is 4.25. The predicted molar refractivity (Wildman–Crippen MR) is 90.4 cm³/mol. The topological polar surface area (TPSA) is 83.8 Å². The molecule has 1 heterocycles. The first-order valence-corrected chi connectivity index (χ1v) is 6.00. The Labute approximate surface area is 134 Å². The molecule has 0 bridgehead atoms. The van der Waals surface area contributed by atoms with Gasteiger partial charge in [0.05, 0.1) is 12.8 Å². The molecule has 1 atom stereocenters. The summed E-state index contributed by atoms with van der Waals surface area (Å²) < 4.78 is 5.08. The molecule has 1 aromatic carbocycles. The van der Waals surface area contributed by atoms with E-state index in [9.17, 15) is 5.11 Å². The van der Waals surface area contributed by atoms with Crippen LogP contribution in [0.25, 0.3) is 0 Å². The van der Waals surface area contributed by atoms with Gasteiger partial charge >= 0.3 is 0 Å². The normalized spacial score (nSPS) is 12.6. The summed E-state index contributed by atoms with van der Waals surface area (Å²) >= 11 is 0. The first-order valence-electron chi connectivity index (χ1n) is 6.00. The maximum atomic E-state index is 9.78. The van der Waals surface area contributed by atoms with Crippen molar-refractivity contribution >= 4 is 35.6 Å². The molecule has 1 unspecified atom stereocenters. The molecule has 2 aromatic rings. The number of rotatable bonds is 4. The van der Waals surface area contributed by atoms with Crippen molar-refractivity contribution in [3.63, 3.8) is 0 Å². The third-order valence-corrected chi connectivity index (χ3v) is 2.63. The minimum atomic E-state index is -0.784. The van der Waals surface area contributed by atoms with Gasteiger partial charge in [0, 0.05) is 5.69 Å². The van der Waals surface area contributed by atoms with Crippen molar-refractivity contribution in [2.75, 3.05) is 11.9 Å². The molecule has 1 aromatic heterocycles. The zero-order chi connectivity index (χ0) is 13.7. The van der Waals surface area contributed by atoms with Crippen LogP contribution in [0.2, 0.25) is 0 Å². The second kappa shape index (κ2) is 7.91. The van der Waals surface area contributed by atoms with Gasteiger partial charge in [0.15, 0.2) is 5.96 Å². The van der Waals surface area contributed by atoms with E-state index in [4.69, 9.17) is 10.2 Å². The number of aliphatic imine (C=N–C) groups is 1. The van der Waals surface area contributed by atoms with Gasteiger partial charge in [0.1, 0.15) is 11.9 Å². The van der Waals surface area contributed by atoms with Crippen LogP contribution >= 0.6 is 24.0 Å². The summed E-state index contributed by atoms with van der Waals surface area (Å²) in [7, 11) is 0. The molecule has 0 spiro atoms. The molecule has 5 nitrogen and oxygen atoms in total. The lowest BCUT2D eigenvalue weighted by atomic mass is 10.2. The van der Waals surface area contributed by atoms with Gasteiger partial charge in [0.25, 0.3) is 0 Å². The Morgan fingerprint density at radius 1 is 1.35 bits per heavy atom. The minimum Gasteiger partial charge on any atom is -0.467 e. The number of nitrogens with two attached hydrogens (primary N) is 1. The SMILES string of the molecule is Cc1ccc(NC(N)=NCC(O)c2ccco2)cc1.I. The lowest BCUT2D eigenvalue weighted by Crippen LogP contribution is -2.23. The Morgan fingerprint density at radius 2 is 2.05 bits per heavy atom. The Hall–Kier alpha value is -1.54. The van der Waals surface area contributed by atoms with Gasteiger partial charge in [-0.05, 0) is 31.2 Å². The number of furan rings is 1. The van der Waals surface area contributed by atoms with Crippen LogP contribution in [-0.4, -0.2) is 17.6 Å². The number of nitrogens with zero attached hydrogens (tertiary/aromatic N) is 1. The van der Waals surface area contributed by atoms with Crippen molar-refractivity contribution in [2.24, 2.45) is 10.7 Å². The molecule has 0 saturated heterocycles. The molecular weight excluding hydrogens is 369 g/mol. The van der Waals surface area contributed by atoms with Crippen LogP contribution in [0.5, 0.6) is 0 Å². The van der Waals surface area contributed by atoms with Crippen LogP contribution in [-0.2, 0) is 0 Å². The first kappa shape index (κ1) is 16.5. The molecule has 0 saturated carbocycles. The number of aliphatic hydroxyl groups excluding tert-OH is 1. The number of aliphatic hydroxyl groups is 1. The van der Waals surface area contributed by atoms with Crippen molar-refractivity contribution in [3.05, 3.63) is 54.0 Å². The molecule has 0 aliphatic heterocycles. The number of halogens is 1. The van der Waals surface area contributed by atoms with Crippen molar-refractivity contribution < 1.29 is 9.52 Å². The van der Waals surface area contributed by atoms with E-state index in [0.717, 1.165) is 5.69 Å². The van der Waals surface area contributed by atoms with Gasteiger partial charge in [0.2, 0.25) is 0 Å². The van der Waals surface area contributed by atoms with Crippen LogP contribution in [0.15, 0.2) is 52.1 Å². The van der Waals surface area contributed by atoms with E-state index in [-0.39, 0.29) is 36.5 Å². The van der Waals surface area contributed by atoms with Crippen molar-refractivity contribution in [2.45, 2.75) is 13.0 Å². The number of aryl methyl sites for hydroxylation is 1. The molecule has 4 N–H and O–H groups in total. The van der Waals surface area contributed by atoms with Crippen LogP contribution in [0.3, 0.4) is 0 Å². The summed E-state index contributed by atoms with van der Waals surface area (Å²) in [5, 5.41) is 12.7. The number of benzene rings is 1. The molecule has 2 rings (SSSR count). The van der Waals surface area contributed by atoms with Gasteiger partial charge in [-0.15, -0.1) is 24.0 Å². The zero-order valence-corrected chi connectivity index (χ0v) is 13.4. The average Bonchev–Trinajstić information content (AvgIpc) is 2.93. The highest BCUT2D eigenvalue weighted by molar-refractivity contribution is 14.0. The van der Waals surface area contributed by atoms with E-state index in [2.05, 4.69) is 10.3 Å². The highest BCUT2D eigenvalue weighted by Gasteiger charge is 2.09. The van der Waals surface area contributed by atoms with Crippen LogP contribution in [0, 0.1) is 6.92 Å². The quantitative estimate of drug-likeness (QED) is 0.428. The van der Waals surface area contributed by atoms with Gasteiger partial charge < -0.3 is 20.6 Å². The van der Waals surface area contributed by atoms with Gasteiger partial charge in [-0.3, -0.25) is 0 Å². The van der Waals surface area contributed by atoms with E-state index in [1.807, 2.05) is 31.2 Å². The fraction of sp³-hybridized carbons (Fsp3) is 0.214. The molecule has 0 aliphatic carbocycles. The maximum Gasteiger partial charge on any atom is 0.193 e. The lowest BCUT2D eigenvalue weighted by molar-refractivity contribution is 0.158. The summed E-state index contributed by atoms with van der Waals surface area (Å²) in [5.41, 5.74) is 7.78. The largest absolute Gasteiger partial charge is 0.467 e. The van der Waals surface area contributed by atoms with Gasteiger partial charge in [-0.2, -0.15) is 0 Å². The van der Waals surface area contributed by atoms with Gasteiger partial charge in [-0.25, -0.2) is 4.99 Å². The van der Waals surface area contributed by atoms with Crippen molar-refractivity contribution in [1.29, 1.82) is 0 Å². The zero-order valence-electron chi connectivity index (χ0n) is 11.1. The summed E-state index contributed by atoms with van der Waals surface area (Å²) in [6.45, 7) is 2.17. The molecule has 0 fully saturated rings. The molecule has 0 amide bonds. The number of anilines is 1. The van der Waals surface area contributed by atoms with E-state index >= 15 is 0 Å². The fourth-order valence-electron chi connectivity index (χ4n) is 1.58. The molecule has 108 valence electrons. The predicted octanol–water partition coefficient (Wildman–Crippen LogP) is 2.67. The summed E-state index contributed by atoms with van der Waals surface area (Å²) in [6.07, 6.45) is 0.726. The third kappa shape index (κ3) is 4.86. The summed E-state index contributed by atoms with van der Waals surface area (Å²) in [4.78, 5) is 4.07. The number of hydrogen-bond acceptors (Lipinski definition) is 3. The van der Waals surface area contributed by atoms with E-state index < -0.39 is 6.10 Å². The lowest BCUT2D eigenvalue weighted by Gasteiger charge is -2.07. The molecule has 6 heteroatoms. The monoisotopic (exact) mass is 387 g/mol. The van der Waals surface area contributed by atoms with Crippen molar-refractivity contribution in [3.8, 4) is 0 Å². The Kier molecular flexibility index (Phi) is 6.53. The summed E-state index contributed by atoms with van der Waals surface area (Å²) in [6, 6.07) is 11.2. The smallest absolute Gasteiger partial charge is 0.193 e. The second-order valence-electron chi connectivity index (χ2n) is 4.25. The van der Waals surface area contributed by atoms with E-state index in [0.29, 0.717) is 5.76 Å². The minimum absolute atomic E-state index is 0. The Bertz CT molecular complexity index is 538. The first-order chi connectivity index (χ1) is 9.15. The van der Waals surface area contributed by atoms with Crippen LogP contribution < -0.4 is 11.1 Å². The highest BCUT2D eigenvalue weighted by Crippen LogP contribution is 2.13. The third-order valence-electron chi connectivity index (χ3n) is 2.63. The molecule has 0 aliphatic rings. The average molecular weight is 387 g/mol. The van der Waals surface area contributed by atoms with Crippen LogP contribution in [0.4, 0.5) is 5.69 Å². The van der Waals surface area contributed by atoms with E-state index in [1.165, 1.54) is 11.8 Å². The van der Waals surface area contributed by atoms with Crippen molar-refractivity contribution in [1.82, 2.24) is 0 Å². The number of nitrogens with one attached hydrogen (secondary N) is 1. The Balaban J connectivity index is 0.00000200. The highest BCUT2D eigenvalue weighted by atomic mass is 127.